The summed E-state index contributed by atoms with van der Waals surface area (Å²) in [5.41, 5.74) is 0.744. The lowest BCUT2D eigenvalue weighted by Crippen LogP contribution is -2.27. The lowest BCUT2D eigenvalue weighted by atomic mass is 10.2. The molecule has 0 unspecified atom stereocenters. The minimum atomic E-state index is -0.602. The van der Waals surface area contributed by atoms with Crippen LogP contribution in [0, 0.1) is 0 Å². The highest BCUT2D eigenvalue weighted by Gasteiger charge is 2.18. The van der Waals surface area contributed by atoms with Gasteiger partial charge in [0.2, 0.25) is 0 Å². The van der Waals surface area contributed by atoms with Gasteiger partial charge in [0.25, 0.3) is 0 Å². The Kier molecular flexibility index (Phi) is 7.69. The molecule has 0 aliphatic rings. The number of anilines is 3. The third-order valence-corrected chi connectivity index (χ3v) is 4.37. The van der Waals surface area contributed by atoms with E-state index in [1.54, 1.807) is 51.1 Å². The number of methoxy groups -OCH3 is 2. The first kappa shape index (κ1) is 23.5. The van der Waals surface area contributed by atoms with Gasteiger partial charge in [0.15, 0.2) is 0 Å². The molecule has 8 nitrogen and oxygen atoms in total. The summed E-state index contributed by atoms with van der Waals surface area (Å²) in [4.78, 5) is 24.4. The van der Waals surface area contributed by atoms with Gasteiger partial charge < -0.3 is 19.5 Å². The van der Waals surface area contributed by atoms with Gasteiger partial charge in [-0.05, 0) is 51.1 Å². The van der Waals surface area contributed by atoms with Crippen LogP contribution in [0.3, 0.4) is 0 Å². The molecule has 0 aromatic heterocycles. The average molecular weight is 454 g/mol. The number of hydrogen-bond donors (Lipinski definition) is 3. The first-order valence-electron chi connectivity index (χ1n) is 8.85. The van der Waals surface area contributed by atoms with Crippen LogP contribution in [0.25, 0.3) is 0 Å². The Morgan fingerprint density at radius 3 is 2.13 bits per heavy atom. The van der Waals surface area contributed by atoms with Crippen LogP contribution in [-0.4, -0.2) is 31.9 Å². The van der Waals surface area contributed by atoms with E-state index in [1.165, 1.54) is 20.3 Å². The van der Waals surface area contributed by atoms with Crippen molar-refractivity contribution in [2.75, 3.05) is 29.2 Å². The molecule has 0 bridgehead atoms. The number of ether oxygens (including phenoxy) is 3. The Morgan fingerprint density at radius 1 is 1.00 bits per heavy atom. The van der Waals surface area contributed by atoms with Crippen molar-refractivity contribution in [1.29, 1.82) is 0 Å². The quantitative estimate of drug-likeness (QED) is 0.513. The second kappa shape index (κ2) is 9.82. The summed E-state index contributed by atoms with van der Waals surface area (Å²) < 4.78 is 16.7. The van der Waals surface area contributed by atoms with Gasteiger partial charge in [0.05, 0.1) is 30.6 Å². The zero-order valence-corrected chi connectivity index (χ0v) is 18.9. The fourth-order valence-electron chi connectivity index (χ4n) is 2.35. The number of hydrogen-bond acceptors (Lipinski definition) is 6. The minimum absolute atomic E-state index is 0.317. The van der Waals surface area contributed by atoms with Gasteiger partial charge in [-0.2, -0.15) is 0 Å². The molecule has 30 heavy (non-hydrogen) atoms. The van der Waals surface area contributed by atoms with E-state index in [1.807, 2.05) is 0 Å². The van der Waals surface area contributed by atoms with Crippen LogP contribution in [0.2, 0.25) is 5.02 Å². The molecule has 2 aromatic carbocycles. The number of halogens is 1. The van der Waals surface area contributed by atoms with Crippen LogP contribution in [-0.2, 0) is 4.74 Å². The lowest BCUT2D eigenvalue weighted by Gasteiger charge is -2.20. The number of amides is 3. The first-order valence-corrected chi connectivity index (χ1v) is 9.63. The maximum Gasteiger partial charge on any atom is 0.412 e. The number of nitrogens with zero attached hydrogens (tertiary/aromatic N) is 1. The highest BCUT2D eigenvalue weighted by atomic mass is 35.5. The van der Waals surface area contributed by atoms with Crippen LogP contribution in [0.1, 0.15) is 20.8 Å². The molecule has 0 saturated heterocycles. The van der Waals surface area contributed by atoms with Crippen LogP contribution < -0.4 is 24.4 Å². The molecule has 10 heteroatoms. The van der Waals surface area contributed by atoms with Crippen molar-refractivity contribution in [3.8, 4) is 11.5 Å². The van der Waals surface area contributed by atoms with E-state index in [0.29, 0.717) is 33.6 Å². The maximum atomic E-state index is 12.6. The highest BCUT2D eigenvalue weighted by Crippen LogP contribution is 2.36. The standard InChI is InChI=1S/C20H24ClN3O5S/c1-20(2,3)29-19(26)22-12-6-8-13(9-7-12)24(30)18(25)23-15-10-14(21)16(27-4)11-17(15)28-5/h6-11,30H,1-5H3,(H,22,26)(H,23,25). The predicted octanol–water partition coefficient (Wildman–Crippen LogP) is 5.59. The van der Waals surface area contributed by atoms with Gasteiger partial charge in [-0.3, -0.25) is 5.32 Å². The normalized spacial score (nSPS) is 10.8. The Morgan fingerprint density at radius 2 is 1.60 bits per heavy atom. The second-order valence-electron chi connectivity index (χ2n) is 7.10. The Balaban J connectivity index is 2.08. The molecular weight excluding hydrogens is 430 g/mol. The van der Waals surface area contributed by atoms with Crippen LogP contribution in [0.5, 0.6) is 11.5 Å². The fourth-order valence-corrected chi connectivity index (χ4v) is 2.77. The Bertz CT molecular complexity index is 916. The second-order valence-corrected chi connectivity index (χ2v) is 7.91. The largest absolute Gasteiger partial charge is 0.495 e. The molecule has 162 valence electrons. The molecule has 0 saturated carbocycles. The average Bonchev–Trinajstić information content (AvgIpc) is 2.66. The van der Waals surface area contributed by atoms with E-state index < -0.39 is 17.7 Å². The van der Waals surface area contributed by atoms with Gasteiger partial charge >= 0.3 is 12.1 Å². The van der Waals surface area contributed by atoms with Gasteiger partial charge in [-0.1, -0.05) is 24.4 Å². The molecule has 0 atom stereocenters. The summed E-state index contributed by atoms with van der Waals surface area (Å²) in [5, 5.41) is 5.61. The minimum Gasteiger partial charge on any atom is -0.495 e. The van der Waals surface area contributed by atoms with Crippen molar-refractivity contribution in [1.82, 2.24) is 0 Å². The van der Waals surface area contributed by atoms with E-state index >= 15 is 0 Å². The molecule has 0 spiro atoms. The molecule has 0 fully saturated rings. The summed E-state index contributed by atoms with van der Waals surface area (Å²) in [6.45, 7) is 5.33. The summed E-state index contributed by atoms with van der Waals surface area (Å²) in [7, 11) is 2.95. The summed E-state index contributed by atoms with van der Waals surface area (Å²) in [6.07, 6.45) is -0.570. The third kappa shape index (κ3) is 6.36. The van der Waals surface area contributed by atoms with Crippen LogP contribution in [0.15, 0.2) is 36.4 Å². The van der Waals surface area contributed by atoms with Crippen molar-refractivity contribution in [2.45, 2.75) is 26.4 Å². The molecule has 3 amide bonds. The topological polar surface area (TPSA) is 89.1 Å². The fraction of sp³-hybridized carbons (Fsp3) is 0.300. The van der Waals surface area contributed by atoms with Crippen molar-refractivity contribution in [3.63, 3.8) is 0 Å². The van der Waals surface area contributed by atoms with Crippen molar-refractivity contribution in [2.24, 2.45) is 0 Å². The zero-order valence-electron chi connectivity index (χ0n) is 17.3. The third-order valence-electron chi connectivity index (χ3n) is 3.67. The first-order chi connectivity index (χ1) is 14.0. The van der Waals surface area contributed by atoms with Crippen molar-refractivity contribution >= 4 is 53.6 Å². The van der Waals surface area contributed by atoms with Gasteiger partial charge in [-0.15, -0.1) is 0 Å². The molecule has 2 aromatic rings. The molecule has 0 radical (unpaired) electrons. The zero-order chi connectivity index (χ0) is 22.5. The number of thiol groups is 1. The lowest BCUT2D eigenvalue weighted by molar-refractivity contribution is 0.0636. The highest BCUT2D eigenvalue weighted by molar-refractivity contribution is 7.82. The number of nitrogens with one attached hydrogen (secondary N) is 2. The smallest absolute Gasteiger partial charge is 0.412 e. The van der Waals surface area contributed by atoms with Crippen LogP contribution in [0.4, 0.5) is 26.7 Å². The van der Waals surface area contributed by atoms with E-state index in [2.05, 4.69) is 23.4 Å². The molecule has 0 aliphatic heterocycles. The monoisotopic (exact) mass is 453 g/mol. The Hall–Kier alpha value is -2.78. The van der Waals surface area contributed by atoms with Gasteiger partial charge in [0, 0.05) is 11.8 Å². The van der Waals surface area contributed by atoms with E-state index in [9.17, 15) is 9.59 Å². The van der Waals surface area contributed by atoms with Gasteiger partial charge in [-0.25, -0.2) is 13.9 Å². The van der Waals surface area contributed by atoms with Crippen LogP contribution >= 0.6 is 24.4 Å². The van der Waals surface area contributed by atoms with Crippen molar-refractivity contribution in [3.05, 3.63) is 41.4 Å². The molecule has 0 aliphatic carbocycles. The molecule has 2 rings (SSSR count). The van der Waals surface area contributed by atoms with E-state index in [-0.39, 0.29) is 0 Å². The Labute approximate surface area is 186 Å². The summed E-state index contributed by atoms with van der Waals surface area (Å²) >= 11 is 10.4. The number of rotatable bonds is 5. The van der Waals surface area contributed by atoms with E-state index in [0.717, 1.165) is 4.31 Å². The predicted molar refractivity (Wildman–Crippen MR) is 121 cm³/mol. The van der Waals surface area contributed by atoms with Crippen molar-refractivity contribution < 1.29 is 23.8 Å². The number of carbonyl (C=O) groups excluding carboxylic acids is 2. The number of urea groups is 1. The number of carbonyl (C=O) groups is 2. The molecule has 2 N–H and O–H groups in total. The maximum absolute atomic E-state index is 12.6. The molecule has 0 heterocycles. The summed E-state index contributed by atoms with van der Waals surface area (Å²) in [6, 6.07) is 9.05. The SMILES string of the molecule is COc1cc(OC)c(NC(=O)N(S)c2ccc(NC(=O)OC(C)(C)C)cc2)cc1Cl. The van der Waals surface area contributed by atoms with Gasteiger partial charge in [0.1, 0.15) is 17.1 Å². The number of benzene rings is 2. The molecular formula is C20H24ClN3O5S. The summed E-state index contributed by atoms with van der Waals surface area (Å²) in [5.74, 6) is 0.797. The van der Waals surface area contributed by atoms with E-state index in [4.69, 9.17) is 25.8 Å².